The van der Waals surface area contributed by atoms with Crippen molar-refractivity contribution in [2.24, 2.45) is 0 Å². The Morgan fingerprint density at radius 2 is 1.76 bits per heavy atom. The number of carbonyl (C=O) groups is 4. The van der Waals surface area contributed by atoms with E-state index in [2.05, 4.69) is 10.6 Å². The number of hydrogen-bond acceptors (Lipinski definition) is 4. The maximum Gasteiger partial charge on any atom is 0.326 e. The summed E-state index contributed by atoms with van der Waals surface area (Å²) in [6.07, 6.45) is -0.801. The summed E-state index contributed by atoms with van der Waals surface area (Å²) in [6.45, 7) is 1.35. The average molecular weight is 246 g/mol. The number of rotatable bonds is 7. The predicted molar refractivity (Wildman–Crippen MR) is 55.1 cm³/mol. The van der Waals surface area contributed by atoms with Crippen molar-refractivity contribution < 1.29 is 29.4 Å². The molecule has 0 aromatic carbocycles. The van der Waals surface area contributed by atoms with Crippen LogP contribution in [0.3, 0.4) is 0 Å². The van der Waals surface area contributed by atoms with Crippen molar-refractivity contribution in [3.05, 3.63) is 0 Å². The van der Waals surface area contributed by atoms with Gasteiger partial charge in [-0.3, -0.25) is 14.4 Å². The van der Waals surface area contributed by atoms with Crippen LogP contribution in [0, 0.1) is 0 Å². The first-order valence-corrected chi connectivity index (χ1v) is 4.81. The monoisotopic (exact) mass is 246 g/mol. The van der Waals surface area contributed by atoms with E-state index in [1.54, 1.807) is 0 Å². The maximum atomic E-state index is 11.2. The molecule has 0 rings (SSSR count). The second kappa shape index (κ2) is 7.20. The van der Waals surface area contributed by atoms with E-state index in [-0.39, 0.29) is 18.9 Å². The summed E-state index contributed by atoms with van der Waals surface area (Å²) in [7, 11) is 0. The number of nitrogens with one attached hydrogen (secondary N) is 2. The molecule has 0 aliphatic carbocycles. The van der Waals surface area contributed by atoms with Crippen LogP contribution < -0.4 is 10.6 Å². The molecule has 96 valence electrons. The van der Waals surface area contributed by atoms with E-state index in [9.17, 15) is 19.2 Å². The van der Waals surface area contributed by atoms with Crippen LogP contribution >= 0.6 is 0 Å². The third-order valence-corrected chi connectivity index (χ3v) is 1.74. The van der Waals surface area contributed by atoms with Gasteiger partial charge in [-0.1, -0.05) is 0 Å². The van der Waals surface area contributed by atoms with Crippen LogP contribution in [-0.4, -0.2) is 46.6 Å². The summed E-state index contributed by atoms with van der Waals surface area (Å²) in [5.41, 5.74) is 0. The molecule has 0 fully saturated rings. The number of aliphatic carboxylic acids is 2. The molecular formula is C9H14N2O6. The highest BCUT2D eigenvalue weighted by Gasteiger charge is 2.22. The number of amides is 2. The van der Waals surface area contributed by atoms with Crippen LogP contribution in [-0.2, 0) is 19.2 Å². The molecule has 0 bridgehead atoms. The van der Waals surface area contributed by atoms with E-state index in [1.165, 1.54) is 6.92 Å². The Labute approximate surface area is 97.0 Å². The van der Waals surface area contributed by atoms with Crippen molar-refractivity contribution in [3.63, 3.8) is 0 Å². The molecule has 2 amide bonds. The summed E-state index contributed by atoms with van der Waals surface area (Å²) in [5.74, 6) is -3.68. The van der Waals surface area contributed by atoms with Crippen molar-refractivity contribution in [1.29, 1.82) is 0 Å². The van der Waals surface area contributed by atoms with Crippen LogP contribution in [0.5, 0.6) is 0 Å². The van der Waals surface area contributed by atoms with Crippen molar-refractivity contribution in [2.75, 3.05) is 6.54 Å². The molecule has 0 saturated carbocycles. The molecule has 0 aliphatic heterocycles. The molecule has 4 N–H and O–H groups in total. The fourth-order valence-corrected chi connectivity index (χ4v) is 0.993. The van der Waals surface area contributed by atoms with Crippen LogP contribution in [0.25, 0.3) is 0 Å². The topological polar surface area (TPSA) is 133 Å². The fourth-order valence-electron chi connectivity index (χ4n) is 0.993. The lowest BCUT2D eigenvalue weighted by Crippen LogP contribution is -2.43. The van der Waals surface area contributed by atoms with Gasteiger partial charge in [0.1, 0.15) is 6.04 Å². The molecule has 8 heteroatoms. The summed E-state index contributed by atoms with van der Waals surface area (Å²) >= 11 is 0. The van der Waals surface area contributed by atoms with Crippen molar-refractivity contribution in [2.45, 2.75) is 25.8 Å². The highest BCUT2D eigenvalue weighted by Crippen LogP contribution is 1.93. The van der Waals surface area contributed by atoms with Gasteiger partial charge in [-0.2, -0.15) is 0 Å². The third-order valence-electron chi connectivity index (χ3n) is 1.74. The Morgan fingerprint density at radius 3 is 2.18 bits per heavy atom. The fraction of sp³-hybridized carbons (Fsp3) is 0.556. The molecule has 0 radical (unpaired) electrons. The standard InChI is InChI=1S/C9H14N2O6/c1-5(12)10-3-2-7(13)11-6(9(16)17)4-8(14)15/h6H,2-4H2,1H3,(H,10,12)(H,11,13)(H,14,15)(H,16,17)/t6-/m1/s1. The van der Waals surface area contributed by atoms with Crippen molar-refractivity contribution in [3.8, 4) is 0 Å². The number of hydrogen-bond donors (Lipinski definition) is 4. The van der Waals surface area contributed by atoms with Crippen LogP contribution in [0.1, 0.15) is 19.8 Å². The second-order valence-corrected chi connectivity index (χ2v) is 3.29. The minimum absolute atomic E-state index is 0.0700. The van der Waals surface area contributed by atoms with Gasteiger partial charge in [0.05, 0.1) is 6.42 Å². The minimum atomic E-state index is -1.46. The van der Waals surface area contributed by atoms with Crippen molar-refractivity contribution >= 4 is 23.8 Å². The predicted octanol–water partition coefficient (Wildman–Crippen LogP) is -1.44. The normalized spacial score (nSPS) is 11.4. The highest BCUT2D eigenvalue weighted by atomic mass is 16.4. The Balaban J connectivity index is 4.08. The Morgan fingerprint density at radius 1 is 1.18 bits per heavy atom. The molecule has 1 atom stereocenters. The van der Waals surface area contributed by atoms with Gasteiger partial charge >= 0.3 is 11.9 Å². The van der Waals surface area contributed by atoms with E-state index < -0.39 is 30.3 Å². The number of carboxylic acids is 2. The van der Waals surface area contributed by atoms with Gasteiger partial charge < -0.3 is 20.8 Å². The lowest BCUT2D eigenvalue weighted by atomic mass is 10.2. The van der Waals surface area contributed by atoms with Crippen LogP contribution in [0.2, 0.25) is 0 Å². The summed E-state index contributed by atoms with van der Waals surface area (Å²) in [6, 6.07) is -1.46. The van der Waals surface area contributed by atoms with Crippen LogP contribution in [0.4, 0.5) is 0 Å². The quantitative estimate of drug-likeness (QED) is 0.434. The van der Waals surface area contributed by atoms with Crippen molar-refractivity contribution in [1.82, 2.24) is 10.6 Å². The van der Waals surface area contributed by atoms with Gasteiger partial charge in [0.15, 0.2) is 0 Å². The third kappa shape index (κ3) is 7.77. The van der Waals surface area contributed by atoms with Gasteiger partial charge in [0.25, 0.3) is 0 Å². The first-order valence-electron chi connectivity index (χ1n) is 4.81. The van der Waals surface area contributed by atoms with E-state index in [0.29, 0.717) is 0 Å². The molecule has 0 aliphatic rings. The number of carboxylic acid groups (broad SMARTS) is 2. The zero-order valence-electron chi connectivity index (χ0n) is 9.23. The molecule has 0 spiro atoms. The zero-order valence-corrected chi connectivity index (χ0v) is 9.23. The molecule has 0 aromatic rings. The lowest BCUT2D eigenvalue weighted by Gasteiger charge is -2.12. The smallest absolute Gasteiger partial charge is 0.326 e. The highest BCUT2D eigenvalue weighted by molar-refractivity contribution is 5.87. The van der Waals surface area contributed by atoms with Gasteiger partial charge in [-0.15, -0.1) is 0 Å². The minimum Gasteiger partial charge on any atom is -0.481 e. The van der Waals surface area contributed by atoms with E-state index in [4.69, 9.17) is 10.2 Å². The Kier molecular flexibility index (Phi) is 6.30. The molecule has 8 nitrogen and oxygen atoms in total. The molecule has 0 aromatic heterocycles. The Hall–Kier alpha value is -2.12. The molecule has 0 heterocycles. The summed E-state index contributed by atoms with van der Waals surface area (Å²) in [4.78, 5) is 42.6. The maximum absolute atomic E-state index is 11.2. The van der Waals surface area contributed by atoms with Gasteiger partial charge in [-0.05, 0) is 0 Å². The largest absolute Gasteiger partial charge is 0.481 e. The SMILES string of the molecule is CC(=O)NCCC(=O)N[C@H](CC(=O)O)C(=O)O. The molecule has 0 unspecified atom stereocenters. The molecular weight excluding hydrogens is 232 g/mol. The van der Waals surface area contributed by atoms with Gasteiger partial charge in [-0.25, -0.2) is 4.79 Å². The zero-order chi connectivity index (χ0) is 13.4. The van der Waals surface area contributed by atoms with E-state index >= 15 is 0 Å². The average Bonchev–Trinajstić information content (AvgIpc) is 2.15. The van der Waals surface area contributed by atoms with Gasteiger partial charge in [0.2, 0.25) is 11.8 Å². The molecule has 0 saturated heterocycles. The van der Waals surface area contributed by atoms with E-state index in [0.717, 1.165) is 0 Å². The first kappa shape index (κ1) is 14.9. The Bertz CT molecular complexity index is 327. The summed E-state index contributed by atoms with van der Waals surface area (Å²) in [5, 5.41) is 21.5. The summed E-state index contributed by atoms with van der Waals surface area (Å²) < 4.78 is 0. The van der Waals surface area contributed by atoms with Crippen LogP contribution in [0.15, 0.2) is 0 Å². The lowest BCUT2D eigenvalue weighted by molar-refractivity contribution is -0.147. The van der Waals surface area contributed by atoms with Gasteiger partial charge in [0, 0.05) is 19.9 Å². The van der Waals surface area contributed by atoms with E-state index in [1.807, 2.05) is 0 Å². The second-order valence-electron chi connectivity index (χ2n) is 3.29. The molecule has 17 heavy (non-hydrogen) atoms. The first-order chi connectivity index (χ1) is 7.82. The number of carbonyl (C=O) groups excluding carboxylic acids is 2.